The van der Waals surface area contributed by atoms with Crippen LogP contribution in [0.5, 0.6) is 0 Å². The van der Waals surface area contributed by atoms with E-state index in [1.165, 1.54) is 68.8 Å². The van der Waals surface area contributed by atoms with Crippen LogP contribution in [-0.2, 0) is 47.9 Å². The summed E-state index contributed by atoms with van der Waals surface area (Å²) < 4.78 is 2.25. The van der Waals surface area contributed by atoms with Crippen molar-refractivity contribution in [1.29, 1.82) is 0 Å². The van der Waals surface area contributed by atoms with Gasteiger partial charge in [-0.2, -0.15) is 35.4 Å². The van der Waals surface area contributed by atoms with E-state index in [1.807, 2.05) is 6.07 Å². The second kappa shape index (κ2) is 16.0. The quantitative estimate of drug-likeness (QED) is 0.279. The molecule has 0 aromatic heterocycles. The predicted octanol–water partition coefficient (Wildman–Crippen LogP) is 4.21. The molecule has 224 valence electrons. The summed E-state index contributed by atoms with van der Waals surface area (Å²) in [7, 11) is 0. The normalized spacial score (nSPS) is 15.0. The van der Waals surface area contributed by atoms with Gasteiger partial charge in [0.2, 0.25) is 0 Å². The van der Waals surface area contributed by atoms with E-state index in [-0.39, 0.29) is 35.6 Å². The summed E-state index contributed by atoms with van der Waals surface area (Å²) in [6.07, 6.45) is 9.80. The van der Waals surface area contributed by atoms with Gasteiger partial charge in [-0.05, 0) is 28.4 Å². The van der Waals surface area contributed by atoms with Gasteiger partial charge in [0.1, 0.15) is 0 Å². The molecule has 0 aliphatic heterocycles. The van der Waals surface area contributed by atoms with E-state index in [0.717, 1.165) is 12.8 Å². The molecule has 0 nitrogen and oxygen atoms in total. The molecule has 42 heavy (non-hydrogen) atoms. The molecule has 5 rings (SSSR count). The Morgan fingerprint density at radius 2 is 1.40 bits per heavy atom. The second-order valence-corrected chi connectivity index (χ2v) is 15.2. The Kier molecular flexibility index (Phi) is 14.6. The van der Waals surface area contributed by atoms with E-state index >= 15 is 0 Å². The Hall–Kier alpha value is -1.53. The molecule has 3 heteroatoms. The van der Waals surface area contributed by atoms with Crippen LogP contribution in [0.3, 0.4) is 0 Å². The van der Waals surface area contributed by atoms with Gasteiger partial charge in [-0.15, -0.1) is 11.1 Å². The minimum atomic E-state index is 0. The van der Waals surface area contributed by atoms with Crippen LogP contribution in [0.15, 0.2) is 78.4 Å². The molecule has 0 saturated carbocycles. The van der Waals surface area contributed by atoms with Crippen molar-refractivity contribution in [2.24, 2.45) is 11.3 Å². The summed E-state index contributed by atoms with van der Waals surface area (Å²) in [5.74, 6) is 0.522. The van der Waals surface area contributed by atoms with Crippen LogP contribution in [0, 0.1) is 23.5 Å². The minimum absolute atomic E-state index is 0. The van der Waals surface area contributed by atoms with Gasteiger partial charge >= 0.3 is 70.3 Å². The topological polar surface area (TPSA) is 0 Å². The third-order valence-electron chi connectivity index (χ3n) is 7.44. The summed E-state index contributed by atoms with van der Waals surface area (Å²) in [5.41, 5.74) is 11.8. The van der Waals surface area contributed by atoms with Gasteiger partial charge in [0.15, 0.2) is 0 Å². The Labute approximate surface area is 284 Å². The Balaban J connectivity index is 0.000000353. The van der Waals surface area contributed by atoms with Crippen LogP contribution in [0.25, 0.3) is 11.1 Å². The SMILES string of the molecule is CC(C)(C)c1[c-]c2c(cc1)-c1ccc(C(C)(C)C)cc1C2.CC1[C-]=CC(C(C)(C)C)=C1.[Cl-].[Cl-].[Zr+2]=[CH]Cc1ccccc1. The Morgan fingerprint density at radius 1 is 0.786 bits per heavy atom. The molecule has 1 atom stereocenters. The number of rotatable bonds is 2. The Bertz CT molecular complexity index is 1300. The van der Waals surface area contributed by atoms with Crippen LogP contribution >= 0.6 is 0 Å². The van der Waals surface area contributed by atoms with Gasteiger partial charge in [-0.1, -0.05) is 104 Å². The molecule has 0 bridgehead atoms. The van der Waals surface area contributed by atoms with Crippen LogP contribution in [0.4, 0.5) is 0 Å². The molecule has 0 amide bonds. The number of halogens is 2. The molecule has 2 aliphatic carbocycles. The Morgan fingerprint density at radius 3 is 1.88 bits per heavy atom. The first-order valence-electron chi connectivity index (χ1n) is 14.6. The van der Waals surface area contributed by atoms with Gasteiger partial charge in [-0.3, -0.25) is 6.08 Å². The third-order valence-corrected chi connectivity index (χ3v) is 7.94. The molecule has 2 aliphatic rings. The molecule has 3 aromatic carbocycles. The van der Waals surface area contributed by atoms with E-state index in [1.54, 1.807) is 0 Å². The van der Waals surface area contributed by atoms with E-state index < -0.39 is 0 Å². The number of hydrogen-bond donors (Lipinski definition) is 0. The molecule has 0 heterocycles. The van der Waals surface area contributed by atoms with Crippen molar-refractivity contribution in [3.05, 3.63) is 118 Å². The first kappa shape index (κ1) is 38.5. The van der Waals surface area contributed by atoms with E-state index in [0.29, 0.717) is 11.3 Å². The van der Waals surface area contributed by atoms with Crippen molar-refractivity contribution in [3.63, 3.8) is 0 Å². The van der Waals surface area contributed by atoms with Gasteiger partial charge in [-0.25, -0.2) is 6.08 Å². The standard InChI is InChI=1S/C21H25.C10H15.C8H8.2ClH.Zr/c1-20(2,3)16-7-9-18-14(12-16)11-15-13-17(21(4,5)6)8-10-19(15)18;1-8-5-6-9(7-8)10(2,3)4;1-2-8-6-4-3-5-7-8;;;/h7-10,12H,11H2,1-6H3;6-8H,1-4H3;1,3-7H,2H2;2*1H;/q2*-1;;;;+2/p-2. The fourth-order valence-corrected chi connectivity index (χ4v) is 5.39. The summed E-state index contributed by atoms with van der Waals surface area (Å²) in [6, 6.07) is 25.7. The first-order valence-corrected chi connectivity index (χ1v) is 16.1. The number of benzene rings is 3. The summed E-state index contributed by atoms with van der Waals surface area (Å²) >= 11 is 1.51. The summed E-state index contributed by atoms with van der Waals surface area (Å²) in [4.78, 5) is 0. The fourth-order valence-electron chi connectivity index (χ4n) is 4.81. The molecular formula is C39H48Cl2Zr-2. The van der Waals surface area contributed by atoms with Crippen molar-refractivity contribution < 1.29 is 49.0 Å². The predicted molar refractivity (Wildman–Crippen MR) is 172 cm³/mol. The van der Waals surface area contributed by atoms with Crippen LogP contribution in [0.1, 0.15) is 97.1 Å². The summed E-state index contributed by atoms with van der Waals surface area (Å²) in [6.45, 7) is 22.5. The molecular weight excluding hydrogens is 631 g/mol. The summed E-state index contributed by atoms with van der Waals surface area (Å²) in [5, 5.41) is 0. The zero-order valence-corrected chi connectivity index (χ0v) is 31.2. The van der Waals surface area contributed by atoms with Crippen LogP contribution in [-0.4, -0.2) is 3.71 Å². The number of fused-ring (bicyclic) bond motifs is 3. The first-order chi connectivity index (χ1) is 18.6. The van der Waals surface area contributed by atoms with Crippen molar-refractivity contribution in [1.82, 2.24) is 0 Å². The average molecular weight is 679 g/mol. The van der Waals surface area contributed by atoms with Gasteiger partial charge < -0.3 is 24.8 Å². The van der Waals surface area contributed by atoms with Crippen molar-refractivity contribution in [2.45, 2.75) is 92.9 Å². The van der Waals surface area contributed by atoms with Crippen LogP contribution in [0.2, 0.25) is 0 Å². The maximum atomic E-state index is 3.67. The molecule has 0 fully saturated rings. The monoisotopic (exact) mass is 676 g/mol. The van der Waals surface area contributed by atoms with E-state index in [2.05, 4.69) is 152 Å². The number of hydrogen-bond acceptors (Lipinski definition) is 0. The van der Waals surface area contributed by atoms with Crippen molar-refractivity contribution in [2.75, 3.05) is 0 Å². The zero-order chi connectivity index (χ0) is 29.7. The van der Waals surface area contributed by atoms with Gasteiger partial charge in [0, 0.05) is 0 Å². The molecule has 0 N–H and O–H groups in total. The third kappa shape index (κ3) is 10.9. The van der Waals surface area contributed by atoms with Crippen molar-refractivity contribution >= 4 is 3.71 Å². The second-order valence-electron chi connectivity index (χ2n) is 14.2. The van der Waals surface area contributed by atoms with Crippen LogP contribution < -0.4 is 24.8 Å². The molecule has 3 aromatic rings. The molecule has 0 saturated heterocycles. The fraction of sp³-hybridized carbons (Fsp3) is 0.410. The number of allylic oxidation sites excluding steroid dienone is 4. The van der Waals surface area contributed by atoms with Crippen molar-refractivity contribution in [3.8, 4) is 11.1 Å². The van der Waals surface area contributed by atoms with Gasteiger partial charge in [0.05, 0.1) is 0 Å². The van der Waals surface area contributed by atoms with E-state index in [9.17, 15) is 0 Å². The van der Waals surface area contributed by atoms with E-state index in [4.69, 9.17) is 0 Å². The maximum absolute atomic E-state index is 3.67. The average Bonchev–Trinajstić information content (AvgIpc) is 3.47. The van der Waals surface area contributed by atoms with Gasteiger partial charge in [0.25, 0.3) is 0 Å². The molecule has 1 unspecified atom stereocenters. The molecule has 0 radical (unpaired) electrons. The molecule has 0 spiro atoms. The zero-order valence-electron chi connectivity index (χ0n) is 27.3.